The number of nitrogens with two attached hydrogens (primary N) is 1. The Labute approximate surface area is 113 Å². The minimum atomic E-state index is -4.34. The van der Waals surface area contributed by atoms with Crippen LogP contribution in [-0.2, 0) is 19.1 Å². The van der Waals surface area contributed by atoms with E-state index in [0.717, 1.165) is 17.7 Å². The van der Waals surface area contributed by atoms with Crippen LogP contribution in [0, 0.1) is 6.20 Å². The van der Waals surface area contributed by atoms with E-state index in [9.17, 15) is 18.0 Å². The van der Waals surface area contributed by atoms with Crippen LogP contribution in [-0.4, -0.2) is 15.5 Å². The fourth-order valence-corrected chi connectivity index (χ4v) is 1.76. The van der Waals surface area contributed by atoms with Crippen molar-refractivity contribution >= 4 is 5.91 Å². The molecule has 0 unspecified atom stereocenters. The van der Waals surface area contributed by atoms with E-state index in [1.165, 1.54) is 22.9 Å². The molecule has 105 valence electrons. The van der Waals surface area contributed by atoms with E-state index in [1.54, 1.807) is 0 Å². The number of alkyl halides is 3. The third-order valence-electron chi connectivity index (χ3n) is 2.80. The number of aryl methyl sites for hydroxylation is 2. The van der Waals surface area contributed by atoms with Crippen molar-refractivity contribution in [2.45, 2.75) is 19.1 Å². The zero-order chi connectivity index (χ0) is 14.8. The van der Waals surface area contributed by atoms with Crippen molar-refractivity contribution in [3.05, 3.63) is 53.6 Å². The lowest BCUT2D eigenvalue weighted by atomic mass is 10.1. The Balaban J connectivity index is 2.04. The first kappa shape index (κ1) is 14.1. The maximum atomic E-state index is 12.4. The molecule has 2 N–H and O–H groups in total. The quantitative estimate of drug-likeness (QED) is 0.932. The maximum absolute atomic E-state index is 12.4. The molecule has 0 bridgehead atoms. The molecule has 0 aliphatic heterocycles. The average Bonchev–Trinajstić information content (AvgIpc) is 2.84. The summed E-state index contributed by atoms with van der Waals surface area (Å²) in [6.45, 7) is 0.389. The Morgan fingerprint density at radius 1 is 1.30 bits per heavy atom. The molecule has 0 atom stereocenters. The summed E-state index contributed by atoms with van der Waals surface area (Å²) in [5.41, 5.74) is 5.17. The van der Waals surface area contributed by atoms with Gasteiger partial charge in [-0.2, -0.15) is 13.2 Å². The molecule has 20 heavy (non-hydrogen) atoms. The van der Waals surface area contributed by atoms with Gasteiger partial charge in [-0.1, -0.05) is 12.1 Å². The van der Waals surface area contributed by atoms with E-state index < -0.39 is 17.6 Å². The normalized spacial score (nSPS) is 11.6. The number of rotatable bonds is 4. The molecule has 2 rings (SSSR count). The average molecular weight is 282 g/mol. The van der Waals surface area contributed by atoms with Crippen molar-refractivity contribution < 1.29 is 18.0 Å². The van der Waals surface area contributed by atoms with Gasteiger partial charge < -0.3 is 10.3 Å². The van der Waals surface area contributed by atoms with Crippen molar-refractivity contribution in [3.63, 3.8) is 0 Å². The van der Waals surface area contributed by atoms with E-state index >= 15 is 0 Å². The van der Waals surface area contributed by atoms with Crippen LogP contribution in [0.2, 0.25) is 0 Å². The van der Waals surface area contributed by atoms with Crippen molar-refractivity contribution in [1.29, 1.82) is 0 Å². The zero-order valence-electron chi connectivity index (χ0n) is 10.3. The summed E-state index contributed by atoms with van der Waals surface area (Å²) in [6.07, 6.45) is 0.109. The Hall–Kier alpha value is -2.31. The summed E-state index contributed by atoms with van der Waals surface area (Å²) >= 11 is 0. The predicted octanol–water partition coefficient (Wildman–Crippen LogP) is 2.04. The monoisotopic (exact) mass is 282 g/mol. The Morgan fingerprint density at radius 2 is 1.95 bits per heavy atom. The van der Waals surface area contributed by atoms with Gasteiger partial charge in [0, 0.05) is 12.7 Å². The van der Waals surface area contributed by atoms with E-state index in [1.807, 2.05) is 0 Å². The number of benzene rings is 1. The van der Waals surface area contributed by atoms with Gasteiger partial charge in [0.25, 0.3) is 5.91 Å². The van der Waals surface area contributed by atoms with Gasteiger partial charge in [0.05, 0.1) is 5.56 Å². The molecule has 0 saturated heterocycles. The van der Waals surface area contributed by atoms with Gasteiger partial charge in [-0.05, 0) is 24.1 Å². The Bertz CT molecular complexity index is 602. The van der Waals surface area contributed by atoms with Gasteiger partial charge in [-0.3, -0.25) is 4.79 Å². The number of imidazole rings is 1. The fourth-order valence-electron chi connectivity index (χ4n) is 1.76. The standard InChI is InChI=1S/C13H11F3N3O/c14-13(15,16)10-3-1-9(2-4-10)5-7-19-8-6-18-12(19)11(17)20/h1-4,8H,5,7H2,(H2,17,20). The highest BCUT2D eigenvalue weighted by Crippen LogP contribution is 2.29. The van der Waals surface area contributed by atoms with Crippen LogP contribution in [0.15, 0.2) is 30.5 Å². The SMILES string of the molecule is NC(=O)c1n[c]cn1CCc1ccc(C(F)(F)F)cc1. The summed E-state index contributed by atoms with van der Waals surface area (Å²) < 4.78 is 38.7. The van der Waals surface area contributed by atoms with Crippen LogP contribution in [0.4, 0.5) is 13.2 Å². The smallest absolute Gasteiger partial charge is 0.363 e. The van der Waals surface area contributed by atoms with Gasteiger partial charge in [-0.25, -0.2) is 4.98 Å². The second kappa shape index (κ2) is 5.36. The minimum absolute atomic E-state index is 0.0805. The van der Waals surface area contributed by atoms with Crippen LogP contribution >= 0.6 is 0 Å². The summed E-state index contributed by atoms with van der Waals surface area (Å²) in [5, 5.41) is 0. The van der Waals surface area contributed by atoms with E-state index in [0.29, 0.717) is 13.0 Å². The topological polar surface area (TPSA) is 60.9 Å². The highest BCUT2D eigenvalue weighted by molar-refractivity contribution is 5.89. The Morgan fingerprint density at radius 3 is 2.50 bits per heavy atom. The number of carbonyl (C=O) groups excluding carboxylic acids is 1. The molecule has 1 aromatic carbocycles. The van der Waals surface area contributed by atoms with Crippen molar-refractivity contribution in [1.82, 2.24) is 9.55 Å². The Kier molecular flexibility index (Phi) is 3.78. The number of amides is 1. The lowest BCUT2D eigenvalue weighted by Crippen LogP contribution is -2.18. The number of hydrogen-bond acceptors (Lipinski definition) is 2. The fraction of sp³-hybridized carbons (Fsp3) is 0.231. The number of hydrogen-bond donors (Lipinski definition) is 1. The van der Waals surface area contributed by atoms with Gasteiger partial charge in [-0.15, -0.1) is 0 Å². The summed E-state index contributed by atoms with van der Waals surface area (Å²) in [7, 11) is 0. The van der Waals surface area contributed by atoms with Crippen LogP contribution in [0.25, 0.3) is 0 Å². The summed E-state index contributed by atoms with van der Waals surface area (Å²) in [6, 6.07) is 4.88. The van der Waals surface area contributed by atoms with E-state index in [-0.39, 0.29) is 5.82 Å². The molecule has 4 nitrogen and oxygen atoms in total. The van der Waals surface area contributed by atoms with E-state index in [2.05, 4.69) is 11.2 Å². The molecule has 1 aromatic heterocycles. The highest BCUT2D eigenvalue weighted by Gasteiger charge is 2.29. The lowest BCUT2D eigenvalue weighted by molar-refractivity contribution is -0.137. The van der Waals surface area contributed by atoms with Crippen molar-refractivity contribution in [2.75, 3.05) is 0 Å². The van der Waals surface area contributed by atoms with Crippen LogP contribution in [0.1, 0.15) is 21.7 Å². The number of nitrogens with zero attached hydrogens (tertiary/aromatic N) is 2. The van der Waals surface area contributed by atoms with E-state index in [4.69, 9.17) is 5.73 Å². The van der Waals surface area contributed by atoms with Gasteiger partial charge in [0.15, 0.2) is 5.82 Å². The summed E-state index contributed by atoms with van der Waals surface area (Å²) in [4.78, 5) is 14.7. The van der Waals surface area contributed by atoms with Gasteiger partial charge >= 0.3 is 6.18 Å². The second-order valence-electron chi connectivity index (χ2n) is 4.20. The molecule has 0 saturated carbocycles. The zero-order valence-corrected chi connectivity index (χ0v) is 10.3. The molecule has 1 heterocycles. The number of aromatic nitrogens is 2. The minimum Gasteiger partial charge on any atom is -0.363 e. The number of halogens is 3. The third-order valence-corrected chi connectivity index (χ3v) is 2.80. The predicted molar refractivity (Wildman–Crippen MR) is 64.7 cm³/mol. The molecule has 0 spiro atoms. The first-order chi connectivity index (χ1) is 9.38. The molecule has 1 amide bonds. The molecule has 0 aliphatic rings. The maximum Gasteiger partial charge on any atom is 0.416 e. The first-order valence-electron chi connectivity index (χ1n) is 5.77. The lowest BCUT2D eigenvalue weighted by Gasteiger charge is -2.08. The highest BCUT2D eigenvalue weighted by atomic mass is 19.4. The van der Waals surface area contributed by atoms with Crippen LogP contribution in [0.3, 0.4) is 0 Å². The van der Waals surface area contributed by atoms with Gasteiger partial charge in [0.1, 0.15) is 6.20 Å². The largest absolute Gasteiger partial charge is 0.416 e. The molecule has 7 heteroatoms. The van der Waals surface area contributed by atoms with Crippen LogP contribution < -0.4 is 5.73 Å². The number of primary amides is 1. The van der Waals surface area contributed by atoms with Crippen LogP contribution in [0.5, 0.6) is 0 Å². The van der Waals surface area contributed by atoms with Gasteiger partial charge in [0.2, 0.25) is 0 Å². The second-order valence-corrected chi connectivity index (χ2v) is 4.20. The van der Waals surface area contributed by atoms with Crippen molar-refractivity contribution in [2.24, 2.45) is 5.73 Å². The number of carbonyl (C=O) groups is 1. The molecule has 1 radical (unpaired) electrons. The molecule has 2 aromatic rings. The molecular weight excluding hydrogens is 271 g/mol. The molecule has 0 fully saturated rings. The molecular formula is C13H11F3N3O. The summed E-state index contributed by atoms with van der Waals surface area (Å²) in [5.74, 6) is -0.587. The molecule has 0 aliphatic carbocycles. The first-order valence-corrected chi connectivity index (χ1v) is 5.77. The third kappa shape index (κ3) is 3.17. The van der Waals surface area contributed by atoms with Crippen molar-refractivity contribution in [3.8, 4) is 0 Å².